The van der Waals surface area contributed by atoms with Gasteiger partial charge in [0, 0.05) is 6.42 Å². The van der Waals surface area contributed by atoms with E-state index in [0.717, 1.165) is 12.1 Å². The summed E-state index contributed by atoms with van der Waals surface area (Å²) in [7, 11) is 0. The number of alkyl halides is 3. The molecule has 3 aromatic rings. The summed E-state index contributed by atoms with van der Waals surface area (Å²) in [6.45, 7) is -0.579. The molecule has 2 saturated heterocycles. The predicted molar refractivity (Wildman–Crippen MR) is 130 cm³/mol. The first-order chi connectivity index (χ1) is 19.4. The normalized spacial score (nSPS) is 25.0. The largest absolute Gasteiger partial charge is 0.573 e. The number of hydrazine groups is 3. The lowest BCUT2D eigenvalue weighted by molar-refractivity contribution is -0.274. The number of carbonyl (C=O) groups is 1. The van der Waals surface area contributed by atoms with E-state index in [1.165, 1.54) is 23.0 Å². The highest BCUT2D eigenvalue weighted by atomic mass is 35.5. The van der Waals surface area contributed by atoms with Gasteiger partial charge in [0.15, 0.2) is 23.3 Å². The number of aliphatic hydroxyl groups excluding tert-OH is 2. The molecule has 2 aliphatic heterocycles. The van der Waals surface area contributed by atoms with Gasteiger partial charge in [0.1, 0.15) is 35.7 Å². The van der Waals surface area contributed by atoms with E-state index < -0.39 is 67.4 Å². The first-order valence-corrected chi connectivity index (χ1v) is 12.2. The Morgan fingerprint density at radius 1 is 1.20 bits per heavy atom. The summed E-state index contributed by atoms with van der Waals surface area (Å²) in [5.74, 6) is -2.10. The van der Waals surface area contributed by atoms with E-state index in [4.69, 9.17) is 26.8 Å². The zero-order valence-electron chi connectivity index (χ0n) is 20.5. The number of anilines is 1. The maximum atomic E-state index is 12.7. The highest BCUT2D eigenvalue weighted by Gasteiger charge is 2.52. The van der Waals surface area contributed by atoms with Crippen LogP contribution in [0, 0.1) is 0 Å². The summed E-state index contributed by atoms with van der Waals surface area (Å²) in [6.07, 6.45) is -11.0. The summed E-state index contributed by atoms with van der Waals surface area (Å²) < 4.78 is 55.1. The number of aliphatic hydroxyl groups is 2. The molecule has 5 atom stereocenters. The summed E-state index contributed by atoms with van der Waals surface area (Å²) in [4.78, 5) is 24.6. The fourth-order valence-corrected chi connectivity index (χ4v) is 4.73. The lowest BCUT2D eigenvalue weighted by Crippen LogP contribution is -2.63. The Kier molecular flexibility index (Phi) is 7.89. The minimum Gasteiger partial charge on any atom is -0.479 e. The quantitative estimate of drug-likeness (QED) is 0.138. The summed E-state index contributed by atoms with van der Waals surface area (Å²) in [5.41, 5.74) is 14.2. The number of nitrogens with zero attached hydrogens (tertiary/aromatic N) is 4. The van der Waals surface area contributed by atoms with Gasteiger partial charge in [-0.3, -0.25) is 4.57 Å². The van der Waals surface area contributed by atoms with Gasteiger partial charge in [-0.25, -0.2) is 20.6 Å². The predicted octanol–water partition coefficient (Wildman–Crippen LogP) is -0.894. The Hall–Kier alpha value is -3.40. The Morgan fingerprint density at radius 2 is 1.93 bits per heavy atom. The van der Waals surface area contributed by atoms with Crippen LogP contribution in [0.2, 0.25) is 5.28 Å². The van der Waals surface area contributed by atoms with Gasteiger partial charge in [0.2, 0.25) is 5.28 Å². The van der Waals surface area contributed by atoms with Gasteiger partial charge in [-0.1, -0.05) is 12.1 Å². The maximum absolute atomic E-state index is 12.7. The molecule has 0 spiro atoms. The molecule has 0 aliphatic carbocycles. The van der Waals surface area contributed by atoms with E-state index in [1.807, 2.05) is 0 Å². The SMILES string of the molecule is Nc1nc(Cl)nc2c1ncn2[C@@H]1O[C@H](COC(Cc2cccc(OC(F)(F)F)c2)(C(=O)O)C2NNNN2)[C@@H](O)[C@H]1O. The van der Waals surface area contributed by atoms with E-state index in [2.05, 4.69) is 41.6 Å². The number of carboxylic acids is 1. The molecule has 16 nitrogen and oxygen atoms in total. The molecule has 222 valence electrons. The average Bonchev–Trinajstić information content (AvgIpc) is 3.62. The third-order valence-corrected chi connectivity index (χ3v) is 6.63. The Morgan fingerprint density at radius 3 is 2.61 bits per heavy atom. The third kappa shape index (κ3) is 5.84. The van der Waals surface area contributed by atoms with Gasteiger partial charge in [0.05, 0.1) is 12.9 Å². The van der Waals surface area contributed by atoms with E-state index >= 15 is 0 Å². The van der Waals surface area contributed by atoms with Crippen molar-refractivity contribution >= 4 is 34.6 Å². The molecule has 41 heavy (non-hydrogen) atoms. The molecule has 0 saturated carbocycles. The molecule has 2 fully saturated rings. The first-order valence-electron chi connectivity index (χ1n) is 11.8. The molecule has 5 rings (SSSR count). The van der Waals surface area contributed by atoms with Gasteiger partial charge < -0.3 is 35.3 Å². The number of nitrogen functional groups attached to an aromatic ring is 1. The number of nitrogens with one attached hydrogen (secondary N) is 4. The number of hydrogen-bond acceptors (Lipinski definition) is 14. The maximum Gasteiger partial charge on any atom is 0.573 e. The highest BCUT2D eigenvalue weighted by molar-refractivity contribution is 6.28. The van der Waals surface area contributed by atoms with E-state index in [-0.39, 0.29) is 27.8 Å². The van der Waals surface area contributed by atoms with Gasteiger partial charge in [0.25, 0.3) is 0 Å². The number of fused-ring (bicyclic) bond motifs is 1. The lowest BCUT2D eigenvalue weighted by atomic mass is 9.91. The van der Waals surface area contributed by atoms with Gasteiger partial charge in [-0.15, -0.1) is 13.2 Å². The average molecular weight is 606 g/mol. The molecule has 2 aliphatic rings. The van der Waals surface area contributed by atoms with Crippen LogP contribution in [0.25, 0.3) is 11.2 Å². The first kappa shape index (κ1) is 29.1. The summed E-state index contributed by atoms with van der Waals surface area (Å²) in [5, 5.41) is 31.6. The fraction of sp³-hybridized carbons (Fsp3) is 0.429. The number of aliphatic carboxylic acids is 1. The van der Waals surface area contributed by atoms with Crippen LogP contribution in [-0.2, 0) is 20.7 Å². The van der Waals surface area contributed by atoms with Gasteiger partial charge in [-0.05, 0) is 29.3 Å². The molecule has 0 bridgehead atoms. The van der Waals surface area contributed by atoms with Crippen LogP contribution in [0.1, 0.15) is 11.8 Å². The van der Waals surface area contributed by atoms with Crippen LogP contribution in [-0.4, -0.2) is 83.9 Å². The smallest absolute Gasteiger partial charge is 0.479 e. The topological polar surface area (TPSA) is 223 Å². The van der Waals surface area contributed by atoms with Crippen LogP contribution in [0.5, 0.6) is 5.75 Å². The number of nitrogens with two attached hydrogens (primary N) is 1. The molecule has 1 unspecified atom stereocenters. The minimum absolute atomic E-state index is 0.0265. The van der Waals surface area contributed by atoms with Crippen LogP contribution >= 0.6 is 11.6 Å². The molecule has 4 heterocycles. The number of rotatable bonds is 9. The van der Waals surface area contributed by atoms with Crippen molar-refractivity contribution in [1.82, 2.24) is 41.4 Å². The van der Waals surface area contributed by atoms with Crippen molar-refractivity contribution in [3.8, 4) is 5.75 Å². The number of ether oxygens (including phenoxy) is 3. The zero-order chi connectivity index (χ0) is 29.5. The van der Waals surface area contributed by atoms with Crippen LogP contribution in [0.4, 0.5) is 19.0 Å². The highest BCUT2D eigenvalue weighted by Crippen LogP contribution is 2.34. The Bertz CT molecular complexity index is 1430. The van der Waals surface area contributed by atoms with Crippen molar-refractivity contribution < 1.29 is 47.5 Å². The molecular formula is C21H23ClF3N9O7. The van der Waals surface area contributed by atoms with Crippen LogP contribution < -0.4 is 32.4 Å². The van der Waals surface area contributed by atoms with E-state index in [9.17, 15) is 33.3 Å². The van der Waals surface area contributed by atoms with Crippen molar-refractivity contribution in [2.75, 3.05) is 12.3 Å². The van der Waals surface area contributed by atoms with Crippen LogP contribution in [0.15, 0.2) is 30.6 Å². The molecule has 1 aromatic carbocycles. The van der Waals surface area contributed by atoms with Crippen LogP contribution in [0.3, 0.4) is 0 Å². The number of halogens is 4. The number of hydrogen-bond donors (Lipinski definition) is 8. The molecule has 0 amide bonds. The summed E-state index contributed by atoms with van der Waals surface area (Å²) in [6, 6.07) is 4.74. The standard InChI is InChI=1S/C21H23ClF3N9O7/c22-19-28-14(26)11-15(29-19)34(7-27-11)16-13(36)12(35)10(40-16)6-39-20(18(37)38,17-30-32-33-31-17)5-8-2-1-3-9(4-8)41-21(23,24)25/h1-4,7,10,12-13,16-17,30-33,35-36H,5-6H2,(H,37,38)(H2,26,28,29)/t10-,12-,13-,16-,20?/m1/s1. The fourth-order valence-electron chi connectivity index (χ4n) is 4.56. The van der Waals surface area contributed by atoms with Crippen molar-refractivity contribution in [2.24, 2.45) is 0 Å². The minimum atomic E-state index is -4.96. The van der Waals surface area contributed by atoms with Gasteiger partial charge >= 0.3 is 12.3 Å². The number of carboxylic acid groups (broad SMARTS) is 1. The van der Waals surface area contributed by atoms with Crippen molar-refractivity contribution in [1.29, 1.82) is 0 Å². The molecule has 2 aromatic heterocycles. The molecule has 9 N–H and O–H groups in total. The van der Waals surface area contributed by atoms with Crippen molar-refractivity contribution in [2.45, 2.75) is 49.1 Å². The second-order valence-electron chi connectivity index (χ2n) is 9.10. The second kappa shape index (κ2) is 11.1. The van der Waals surface area contributed by atoms with E-state index in [0.29, 0.717) is 0 Å². The van der Waals surface area contributed by atoms with Crippen molar-refractivity contribution in [3.05, 3.63) is 41.4 Å². The number of benzene rings is 1. The Labute approximate surface area is 232 Å². The Balaban J connectivity index is 1.39. The van der Waals surface area contributed by atoms with E-state index in [1.54, 1.807) is 0 Å². The lowest BCUT2D eigenvalue weighted by Gasteiger charge is -2.35. The van der Waals surface area contributed by atoms with Gasteiger partial charge in [-0.2, -0.15) is 21.0 Å². The van der Waals surface area contributed by atoms with Crippen molar-refractivity contribution in [3.63, 3.8) is 0 Å². The summed E-state index contributed by atoms with van der Waals surface area (Å²) >= 11 is 5.90. The molecular weight excluding hydrogens is 583 g/mol. The monoisotopic (exact) mass is 605 g/mol. The second-order valence-corrected chi connectivity index (χ2v) is 9.44. The third-order valence-electron chi connectivity index (χ3n) is 6.46. The zero-order valence-corrected chi connectivity index (χ0v) is 21.3. The molecule has 0 radical (unpaired) electrons. The number of aromatic nitrogens is 4. The number of imidazole rings is 1. The molecule has 20 heteroatoms.